The van der Waals surface area contributed by atoms with E-state index in [1.165, 1.54) is 11.8 Å². The molecule has 0 amide bonds. The molecule has 0 aliphatic rings. The lowest BCUT2D eigenvalue weighted by Gasteiger charge is -2.18. The SMILES string of the molecule is Cc1cccc(-n2c(C)nnc2S[C@@H](C[N+](=O)[O-])c2ccccc2OCc2ccccc2C#N)c1. The molecule has 0 aliphatic heterocycles. The molecule has 8 nitrogen and oxygen atoms in total. The normalized spacial score (nSPS) is 11.6. The van der Waals surface area contributed by atoms with Crippen LogP contribution in [-0.2, 0) is 6.61 Å². The molecule has 0 fully saturated rings. The smallest absolute Gasteiger partial charge is 0.220 e. The van der Waals surface area contributed by atoms with Crippen LogP contribution in [-0.4, -0.2) is 26.2 Å². The molecule has 0 saturated heterocycles. The van der Waals surface area contributed by atoms with Crippen LogP contribution in [0.5, 0.6) is 5.75 Å². The first-order chi connectivity index (χ1) is 17.0. The quantitative estimate of drug-likeness (QED) is 0.176. The maximum atomic E-state index is 11.6. The zero-order chi connectivity index (χ0) is 24.8. The highest BCUT2D eigenvalue weighted by Crippen LogP contribution is 2.40. The predicted molar refractivity (Wildman–Crippen MR) is 133 cm³/mol. The van der Waals surface area contributed by atoms with Crippen molar-refractivity contribution >= 4 is 11.8 Å². The van der Waals surface area contributed by atoms with Gasteiger partial charge in [-0.3, -0.25) is 14.7 Å². The first-order valence-corrected chi connectivity index (χ1v) is 11.8. The van der Waals surface area contributed by atoms with Gasteiger partial charge in [0.2, 0.25) is 6.54 Å². The Morgan fingerprint density at radius 1 is 1.09 bits per heavy atom. The average molecular weight is 486 g/mol. The number of hydrogen-bond donors (Lipinski definition) is 0. The number of benzene rings is 3. The lowest BCUT2D eigenvalue weighted by molar-refractivity contribution is -0.479. The van der Waals surface area contributed by atoms with Gasteiger partial charge in [-0.25, -0.2) is 0 Å². The first kappa shape index (κ1) is 24.0. The van der Waals surface area contributed by atoms with Crippen molar-refractivity contribution in [3.05, 3.63) is 111 Å². The second kappa shape index (κ2) is 10.8. The molecule has 9 heteroatoms. The van der Waals surface area contributed by atoms with E-state index < -0.39 is 5.25 Å². The second-order valence-corrected chi connectivity index (χ2v) is 9.09. The van der Waals surface area contributed by atoms with Crippen LogP contribution in [0.4, 0.5) is 0 Å². The van der Waals surface area contributed by atoms with E-state index in [0.29, 0.717) is 27.9 Å². The summed E-state index contributed by atoms with van der Waals surface area (Å²) < 4.78 is 7.97. The lowest BCUT2D eigenvalue weighted by Crippen LogP contribution is -2.12. The minimum atomic E-state index is -0.570. The highest BCUT2D eigenvalue weighted by Gasteiger charge is 2.26. The summed E-state index contributed by atoms with van der Waals surface area (Å²) in [6.07, 6.45) is 0. The summed E-state index contributed by atoms with van der Waals surface area (Å²) in [5, 5.41) is 29.5. The summed E-state index contributed by atoms with van der Waals surface area (Å²) in [4.78, 5) is 11.3. The molecule has 1 heterocycles. The Morgan fingerprint density at radius 3 is 2.63 bits per heavy atom. The summed E-state index contributed by atoms with van der Waals surface area (Å²) in [5.41, 5.74) is 3.94. The minimum Gasteiger partial charge on any atom is -0.489 e. The van der Waals surface area contributed by atoms with E-state index in [4.69, 9.17) is 4.74 Å². The van der Waals surface area contributed by atoms with Crippen molar-refractivity contribution in [2.24, 2.45) is 0 Å². The van der Waals surface area contributed by atoms with E-state index >= 15 is 0 Å². The molecule has 0 radical (unpaired) electrons. The maximum Gasteiger partial charge on any atom is 0.220 e. The van der Waals surface area contributed by atoms with Gasteiger partial charge in [-0.2, -0.15) is 5.26 Å². The van der Waals surface area contributed by atoms with Crippen molar-refractivity contribution in [3.63, 3.8) is 0 Å². The highest BCUT2D eigenvalue weighted by atomic mass is 32.2. The van der Waals surface area contributed by atoms with Crippen LogP contribution in [0.3, 0.4) is 0 Å². The zero-order valence-electron chi connectivity index (χ0n) is 19.3. The summed E-state index contributed by atoms with van der Waals surface area (Å²) in [5.74, 6) is 1.22. The number of aromatic nitrogens is 3. The number of nitro groups is 1. The Morgan fingerprint density at radius 2 is 1.86 bits per heavy atom. The van der Waals surface area contributed by atoms with Crippen molar-refractivity contribution in [3.8, 4) is 17.5 Å². The zero-order valence-corrected chi connectivity index (χ0v) is 20.1. The third-order valence-corrected chi connectivity index (χ3v) is 6.57. The molecule has 0 spiro atoms. The van der Waals surface area contributed by atoms with E-state index in [1.807, 2.05) is 73.0 Å². The Kier molecular flexibility index (Phi) is 7.43. The summed E-state index contributed by atoms with van der Waals surface area (Å²) >= 11 is 1.28. The van der Waals surface area contributed by atoms with Crippen LogP contribution in [0.1, 0.15) is 33.3 Å². The predicted octanol–water partition coefficient (Wildman–Crippen LogP) is 5.44. The van der Waals surface area contributed by atoms with Crippen LogP contribution in [0.15, 0.2) is 78.0 Å². The molecular formula is C26H23N5O3S. The molecule has 4 aromatic rings. The molecule has 1 atom stereocenters. The Bertz CT molecular complexity index is 1400. The van der Waals surface area contributed by atoms with Gasteiger partial charge in [-0.15, -0.1) is 10.2 Å². The van der Waals surface area contributed by atoms with E-state index in [0.717, 1.165) is 16.8 Å². The number of thioether (sulfide) groups is 1. The molecule has 0 N–H and O–H groups in total. The number of nitrogens with zero attached hydrogens (tertiary/aromatic N) is 5. The van der Waals surface area contributed by atoms with E-state index in [2.05, 4.69) is 16.3 Å². The Labute approximate surface area is 207 Å². The molecule has 0 unspecified atom stereocenters. The number of para-hydroxylation sites is 1. The van der Waals surface area contributed by atoms with Gasteiger partial charge in [0.1, 0.15) is 23.4 Å². The van der Waals surface area contributed by atoms with Crippen molar-refractivity contribution < 1.29 is 9.66 Å². The topological polar surface area (TPSA) is 107 Å². The average Bonchev–Trinajstić information content (AvgIpc) is 3.22. The number of rotatable bonds is 9. The monoisotopic (exact) mass is 485 g/mol. The molecular weight excluding hydrogens is 462 g/mol. The van der Waals surface area contributed by atoms with Crippen molar-refractivity contribution in [1.29, 1.82) is 5.26 Å². The fourth-order valence-electron chi connectivity index (χ4n) is 3.73. The van der Waals surface area contributed by atoms with E-state index in [-0.39, 0.29) is 18.1 Å². The summed E-state index contributed by atoms with van der Waals surface area (Å²) in [6, 6.07) is 24.6. The van der Waals surface area contributed by atoms with Crippen LogP contribution < -0.4 is 4.74 Å². The molecule has 1 aromatic heterocycles. The van der Waals surface area contributed by atoms with Gasteiger partial charge >= 0.3 is 0 Å². The maximum absolute atomic E-state index is 11.6. The molecule has 176 valence electrons. The number of ether oxygens (including phenoxy) is 1. The van der Waals surface area contributed by atoms with E-state index in [1.54, 1.807) is 18.2 Å². The van der Waals surface area contributed by atoms with Gasteiger partial charge in [-0.1, -0.05) is 60.3 Å². The highest BCUT2D eigenvalue weighted by molar-refractivity contribution is 7.99. The molecule has 3 aromatic carbocycles. The first-order valence-electron chi connectivity index (χ1n) is 10.9. The van der Waals surface area contributed by atoms with Gasteiger partial charge < -0.3 is 4.74 Å². The third-order valence-electron chi connectivity index (χ3n) is 5.40. The molecule has 0 aliphatic carbocycles. The van der Waals surface area contributed by atoms with Gasteiger partial charge in [0.15, 0.2) is 5.16 Å². The third kappa shape index (κ3) is 5.67. The van der Waals surface area contributed by atoms with Crippen LogP contribution in [0, 0.1) is 35.3 Å². The molecule has 0 saturated carbocycles. The van der Waals surface area contributed by atoms with E-state index in [9.17, 15) is 15.4 Å². The Balaban J connectivity index is 1.66. The minimum absolute atomic E-state index is 0.176. The second-order valence-electron chi connectivity index (χ2n) is 7.92. The fraction of sp³-hybridized carbons (Fsp3) is 0.192. The summed E-state index contributed by atoms with van der Waals surface area (Å²) in [6.45, 7) is 3.71. The van der Waals surface area contributed by atoms with Crippen molar-refractivity contribution in [2.45, 2.75) is 30.9 Å². The van der Waals surface area contributed by atoms with Gasteiger partial charge in [-0.05, 0) is 43.7 Å². The van der Waals surface area contributed by atoms with Gasteiger partial charge in [0.25, 0.3) is 0 Å². The van der Waals surface area contributed by atoms with Crippen LogP contribution in [0.25, 0.3) is 5.69 Å². The largest absolute Gasteiger partial charge is 0.489 e. The van der Waals surface area contributed by atoms with Gasteiger partial charge in [0, 0.05) is 21.7 Å². The summed E-state index contributed by atoms with van der Waals surface area (Å²) in [7, 11) is 0. The number of nitriles is 1. The number of aryl methyl sites for hydroxylation is 2. The lowest BCUT2D eigenvalue weighted by atomic mass is 10.1. The number of hydrogen-bond acceptors (Lipinski definition) is 7. The standard InChI is InChI=1S/C26H23N5O3S/c1-18-8-7-11-22(14-18)31-19(2)28-29-26(31)35-25(16-30(32)33)23-12-5-6-13-24(23)34-17-21-10-4-3-9-20(21)15-27/h3-14,25H,16-17H2,1-2H3/t25-/m0/s1. The molecule has 4 rings (SSSR count). The van der Waals surface area contributed by atoms with Crippen LogP contribution in [0.2, 0.25) is 0 Å². The van der Waals surface area contributed by atoms with Crippen LogP contribution >= 0.6 is 11.8 Å². The van der Waals surface area contributed by atoms with Crippen molar-refractivity contribution in [1.82, 2.24) is 14.8 Å². The molecule has 35 heavy (non-hydrogen) atoms. The van der Waals surface area contributed by atoms with Crippen molar-refractivity contribution in [2.75, 3.05) is 6.54 Å². The Hall–Kier alpha value is -4.16. The molecule has 0 bridgehead atoms. The fourth-order valence-corrected chi connectivity index (χ4v) is 4.94. The van der Waals surface area contributed by atoms with Gasteiger partial charge in [0.05, 0.1) is 11.6 Å².